The number of nitro benzene ring substituents is 1. The van der Waals surface area contributed by atoms with E-state index < -0.39 is 28.8 Å². The van der Waals surface area contributed by atoms with E-state index in [1.165, 1.54) is 6.07 Å². The van der Waals surface area contributed by atoms with E-state index in [0.717, 1.165) is 11.1 Å². The Bertz CT molecular complexity index is 1300. The Kier molecular flexibility index (Phi) is 9.32. The second kappa shape index (κ2) is 12.8. The maximum atomic E-state index is 13.2. The highest BCUT2D eigenvalue weighted by Gasteiger charge is 2.27. The Morgan fingerprint density at radius 3 is 2.26 bits per heavy atom. The molecule has 0 fully saturated rings. The molecule has 0 saturated heterocycles. The molecule has 0 bridgehead atoms. The lowest BCUT2D eigenvalue weighted by Gasteiger charge is -2.28. The molecule has 0 spiro atoms. The first kappa shape index (κ1) is 27.6. The zero-order chi connectivity index (χ0) is 27.7. The van der Waals surface area contributed by atoms with Crippen LogP contribution in [0.15, 0.2) is 72.8 Å². The first-order valence-corrected chi connectivity index (χ1v) is 11.3. The van der Waals surface area contributed by atoms with Gasteiger partial charge < -0.3 is 25.0 Å². The van der Waals surface area contributed by atoms with Crippen LogP contribution in [0, 0.1) is 17.0 Å². The average molecular weight is 523 g/mol. The Morgan fingerprint density at radius 1 is 1.00 bits per heavy atom. The number of rotatable bonds is 7. The summed E-state index contributed by atoms with van der Waals surface area (Å²) in [5, 5.41) is 32.2. The largest absolute Gasteiger partial charge is 0.486 e. The summed E-state index contributed by atoms with van der Waals surface area (Å²) in [6, 6.07) is 20.6. The van der Waals surface area contributed by atoms with E-state index in [1.807, 2.05) is 54.6 Å². The molecule has 1 aliphatic heterocycles. The Hall–Kier alpha value is -4.97. The number of para-hydroxylation sites is 2. The van der Waals surface area contributed by atoms with Gasteiger partial charge in [0.15, 0.2) is 11.5 Å². The van der Waals surface area contributed by atoms with Gasteiger partial charge in [0.25, 0.3) is 5.69 Å². The number of hydrogen-bond donors (Lipinski definition) is 4. The van der Waals surface area contributed by atoms with E-state index in [2.05, 4.69) is 10.6 Å². The third-order valence-electron chi connectivity index (χ3n) is 5.30. The lowest BCUT2D eigenvalue weighted by molar-refractivity contribution is -0.384. The van der Waals surface area contributed by atoms with E-state index >= 15 is 0 Å². The van der Waals surface area contributed by atoms with Crippen LogP contribution in [0.25, 0.3) is 0 Å². The summed E-state index contributed by atoms with van der Waals surface area (Å²) in [7, 11) is 0. The van der Waals surface area contributed by atoms with Crippen molar-refractivity contribution < 1.29 is 39.0 Å². The highest BCUT2D eigenvalue weighted by Crippen LogP contribution is 2.31. The summed E-state index contributed by atoms with van der Waals surface area (Å²) in [5.41, 5.74) is 1.48. The third kappa shape index (κ3) is 7.51. The molecule has 198 valence electrons. The van der Waals surface area contributed by atoms with Crippen LogP contribution >= 0.6 is 0 Å². The predicted molar refractivity (Wildman–Crippen MR) is 135 cm³/mol. The van der Waals surface area contributed by atoms with Crippen molar-refractivity contribution in [2.75, 3.05) is 18.5 Å². The zero-order valence-corrected chi connectivity index (χ0v) is 20.2. The number of amides is 1. The molecule has 1 aliphatic rings. The quantitative estimate of drug-likeness (QED) is 0.204. The molecule has 3 aromatic carbocycles. The highest BCUT2D eigenvalue weighted by atomic mass is 16.6. The number of carboxylic acid groups (broad SMARTS) is 2. The minimum Gasteiger partial charge on any atom is -0.486 e. The number of aliphatic carboxylic acids is 2. The van der Waals surface area contributed by atoms with E-state index in [9.17, 15) is 14.9 Å². The number of fused-ring (bicyclic) bond motifs is 1. The molecule has 38 heavy (non-hydrogen) atoms. The van der Waals surface area contributed by atoms with Crippen molar-refractivity contribution in [1.82, 2.24) is 5.32 Å². The van der Waals surface area contributed by atoms with Crippen molar-refractivity contribution in [1.29, 1.82) is 0 Å². The van der Waals surface area contributed by atoms with Crippen LogP contribution in [-0.2, 0) is 14.4 Å². The van der Waals surface area contributed by atoms with Gasteiger partial charge in [0.2, 0.25) is 5.91 Å². The highest BCUT2D eigenvalue weighted by molar-refractivity contribution is 6.27. The summed E-state index contributed by atoms with van der Waals surface area (Å²) < 4.78 is 11.7. The molecular weight excluding hydrogens is 498 g/mol. The van der Waals surface area contributed by atoms with Gasteiger partial charge in [-0.1, -0.05) is 48.5 Å². The second-order valence-corrected chi connectivity index (χ2v) is 8.13. The molecule has 3 aromatic rings. The van der Waals surface area contributed by atoms with Crippen molar-refractivity contribution >= 4 is 29.2 Å². The van der Waals surface area contributed by atoms with E-state index in [0.29, 0.717) is 24.7 Å². The monoisotopic (exact) mass is 523 g/mol. The lowest BCUT2D eigenvalue weighted by Crippen LogP contribution is -2.42. The number of nitrogens with one attached hydrogen (secondary N) is 2. The molecule has 12 nitrogen and oxygen atoms in total. The van der Waals surface area contributed by atoms with Crippen LogP contribution in [0.5, 0.6) is 11.5 Å². The smallest absolute Gasteiger partial charge is 0.414 e. The van der Waals surface area contributed by atoms with Crippen LogP contribution in [0.3, 0.4) is 0 Å². The van der Waals surface area contributed by atoms with Gasteiger partial charge in [0.05, 0.1) is 4.92 Å². The molecule has 1 amide bonds. The number of carbonyl (C=O) groups excluding carboxylic acids is 1. The van der Waals surface area contributed by atoms with Crippen LogP contribution in [0.1, 0.15) is 17.2 Å². The summed E-state index contributed by atoms with van der Waals surface area (Å²) >= 11 is 0. The number of aryl methyl sites for hydroxylation is 1. The molecule has 0 saturated carbocycles. The number of hydrogen-bond acceptors (Lipinski definition) is 8. The lowest BCUT2D eigenvalue weighted by atomic mass is 10.1. The normalized spacial score (nSPS) is 14.3. The molecular formula is C26H25N3O9. The SMILES string of the molecule is Cc1ccc(NC(=O)C(NCC2COc3ccccc3O2)c2ccccc2)c([N+](=O)[O-])c1.O=C(O)C(=O)O. The van der Waals surface area contributed by atoms with Crippen molar-refractivity contribution in [2.24, 2.45) is 0 Å². The van der Waals surface area contributed by atoms with E-state index in [4.69, 9.17) is 29.3 Å². The number of ether oxygens (including phenoxy) is 2. The Labute approximate surface area is 217 Å². The molecule has 1 heterocycles. The zero-order valence-electron chi connectivity index (χ0n) is 20.2. The molecule has 0 aromatic heterocycles. The number of nitrogens with zero attached hydrogens (tertiary/aromatic N) is 1. The number of nitro groups is 1. The fourth-order valence-electron chi connectivity index (χ4n) is 3.52. The number of benzene rings is 3. The van der Waals surface area contributed by atoms with Crippen molar-refractivity contribution in [3.63, 3.8) is 0 Å². The van der Waals surface area contributed by atoms with Crippen molar-refractivity contribution in [3.05, 3.63) is 94.0 Å². The van der Waals surface area contributed by atoms with Crippen LogP contribution in [0.4, 0.5) is 11.4 Å². The number of anilines is 1. The summed E-state index contributed by atoms with van der Waals surface area (Å²) in [6.45, 7) is 2.45. The second-order valence-electron chi connectivity index (χ2n) is 8.13. The fourth-order valence-corrected chi connectivity index (χ4v) is 3.52. The topological polar surface area (TPSA) is 177 Å². The maximum absolute atomic E-state index is 13.2. The molecule has 2 unspecified atom stereocenters. The van der Waals surface area contributed by atoms with Crippen molar-refractivity contribution in [3.8, 4) is 11.5 Å². The third-order valence-corrected chi connectivity index (χ3v) is 5.30. The minimum atomic E-state index is -1.82. The Morgan fingerprint density at radius 2 is 1.63 bits per heavy atom. The molecule has 4 rings (SSSR count). The molecule has 2 atom stereocenters. The Balaban J connectivity index is 0.000000599. The molecule has 12 heteroatoms. The molecule has 0 radical (unpaired) electrons. The molecule has 4 N–H and O–H groups in total. The van der Waals surface area contributed by atoms with Gasteiger partial charge >= 0.3 is 11.9 Å². The average Bonchev–Trinajstić information content (AvgIpc) is 2.90. The first-order chi connectivity index (χ1) is 18.2. The van der Waals surface area contributed by atoms with Crippen LogP contribution in [0.2, 0.25) is 0 Å². The predicted octanol–water partition coefficient (Wildman–Crippen LogP) is 3.17. The van der Waals surface area contributed by atoms with Crippen molar-refractivity contribution in [2.45, 2.75) is 19.1 Å². The van der Waals surface area contributed by atoms with Gasteiger partial charge in [-0.05, 0) is 36.2 Å². The number of carboxylic acids is 2. The van der Waals surface area contributed by atoms with Gasteiger partial charge in [0.1, 0.15) is 24.4 Å². The minimum absolute atomic E-state index is 0.147. The van der Waals surface area contributed by atoms with Gasteiger partial charge in [-0.3, -0.25) is 20.2 Å². The fraction of sp³-hybridized carbons (Fsp3) is 0.192. The standard InChI is InChI=1S/C24H23N3O5.C2H2O4/c1-16-11-12-19(20(13-16)27(29)30)26-24(28)23(17-7-3-2-4-8-17)25-14-18-15-31-21-9-5-6-10-22(21)32-18;3-1(4)2(5)6/h2-13,18,23,25H,14-15H2,1H3,(H,26,28);(H,3,4)(H,5,6). The summed E-state index contributed by atoms with van der Waals surface area (Å²) in [5.74, 6) is -2.71. The van der Waals surface area contributed by atoms with Gasteiger partial charge in [-0.2, -0.15) is 0 Å². The van der Waals surface area contributed by atoms with E-state index in [1.54, 1.807) is 19.1 Å². The van der Waals surface area contributed by atoms with Crippen LogP contribution < -0.4 is 20.1 Å². The molecule has 0 aliphatic carbocycles. The first-order valence-electron chi connectivity index (χ1n) is 11.3. The van der Waals surface area contributed by atoms with E-state index in [-0.39, 0.29) is 17.5 Å². The van der Waals surface area contributed by atoms with Gasteiger partial charge in [-0.15, -0.1) is 0 Å². The van der Waals surface area contributed by atoms with Gasteiger partial charge in [-0.25, -0.2) is 9.59 Å². The summed E-state index contributed by atoms with van der Waals surface area (Å²) in [4.78, 5) is 42.3. The number of carbonyl (C=O) groups is 3. The van der Waals surface area contributed by atoms with Crippen LogP contribution in [-0.4, -0.2) is 52.2 Å². The maximum Gasteiger partial charge on any atom is 0.414 e. The van der Waals surface area contributed by atoms with Gasteiger partial charge in [0, 0.05) is 12.6 Å². The summed E-state index contributed by atoms with van der Waals surface area (Å²) in [6.07, 6.45) is -0.294.